The molecule has 0 spiro atoms. The summed E-state index contributed by atoms with van der Waals surface area (Å²) in [5.41, 5.74) is -0.108. The second kappa shape index (κ2) is 6.39. The van der Waals surface area contributed by atoms with Crippen LogP contribution in [0.25, 0.3) is 0 Å². The Hall–Kier alpha value is -2.16. The van der Waals surface area contributed by atoms with Gasteiger partial charge in [0, 0.05) is 19.2 Å². The molecule has 3 rings (SSSR count). The van der Waals surface area contributed by atoms with Gasteiger partial charge in [-0.15, -0.1) is 23.4 Å². The van der Waals surface area contributed by atoms with Crippen LogP contribution in [0.15, 0.2) is 24.5 Å². The minimum absolute atomic E-state index is 0.00954. The van der Waals surface area contributed by atoms with E-state index in [0.717, 1.165) is 25.0 Å². The van der Waals surface area contributed by atoms with E-state index in [1.165, 1.54) is 6.07 Å². The molecule has 2 heterocycles. The Morgan fingerprint density at radius 3 is 2.79 bits per heavy atom. The number of hydrogen-bond acceptors (Lipinski definition) is 4. The highest BCUT2D eigenvalue weighted by Gasteiger charge is 2.34. The fraction of sp³-hybridized carbons (Fsp3) is 0.467. The average Bonchev–Trinajstić information content (AvgIpc) is 3.09. The summed E-state index contributed by atoms with van der Waals surface area (Å²) in [5, 5.41) is 7.89. The normalized spacial score (nSPS) is 19.0. The number of alkyl halides is 3. The molecule has 1 fully saturated rings. The summed E-state index contributed by atoms with van der Waals surface area (Å²) in [7, 11) is 1.80. The zero-order valence-corrected chi connectivity index (χ0v) is 12.9. The van der Waals surface area contributed by atoms with Crippen LogP contribution in [0.4, 0.5) is 17.6 Å². The highest BCUT2D eigenvalue weighted by molar-refractivity contribution is 5.35. The van der Waals surface area contributed by atoms with E-state index in [1.807, 2.05) is 4.90 Å². The van der Waals surface area contributed by atoms with Crippen molar-refractivity contribution in [2.45, 2.75) is 31.8 Å². The number of benzene rings is 1. The first-order valence-corrected chi connectivity index (χ1v) is 7.46. The molecule has 130 valence electrons. The molecule has 1 aromatic heterocycles. The van der Waals surface area contributed by atoms with Crippen molar-refractivity contribution in [3.05, 3.63) is 41.7 Å². The van der Waals surface area contributed by atoms with Crippen LogP contribution in [0.1, 0.15) is 30.3 Å². The van der Waals surface area contributed by atoms with E-state index >= 15 is 0 Å². The van der Waals surface area contributed by atoms with Gasteiger partial charge in [0.25, 0.3) is 0 Å². The molecule has 0 amide bonds. The molecule has 5 nitrogen and oxygen atoms in total. The van der Waals surface area contributed by atoms with Gasteiger partial charge in [-0.3, -0.25) is 4.90 Å². The fourth-order valence-electron chi connectivity index (χ4n) is 3.02. The molecule has 0 bridgehead atoms. The van der Waals surface area contributed by atoms with Gasteiger partial charge in [0.05, 0.1) is 6.04 Å². The number of ether oxygens (including phenoxy) is 1. The Bertz CT molecular complexity index is 716. The van der Waals surface area contributed by atoms with Crippen LogP contribution in [0.3, 0.4) is 0 Å². The van der Waals surface area contributed by atoms with Crippen LogP contribution < -0.4 is 4.74 Å². The predicted molar refractivity (Wildman–Crippen MR) is 76.5 cm³/mol. The molecule has 0 saturated carbocycles. The van der Waals surface area contributed by atoms with Crippen molar-refractivity contribution in [1.29, 1.82) is 0 Å². The van der Waals surface area contributed by atoms with Gasteiger partial charge in [0.2, 0.25) is 0 Å². The van der Waals surface area contributed by atoms with Crippen LogP contribution in [-0.2, 0) is 13.6 Å². The third-order valence-corrected chi connectivity index (χ3v) is 4.07. The molecular formula is C15H16F4N4O. The molecule has 24 heavy (non-hydrogen) atoms. The van der Waals surface area contributed by atoms with Gasteiger partial charge in [0.15, 0.2) is 0 Å². The lowest BCUT2D eigenvalue weighted by atomic mass is 10.1. The molecule has 1 saturated heterocycles. The second-order valence-corrected chi connectivity index (χ2v) is 5.69. The Morgan fingerprint density at radius 2 is 2.12 bits per heavy atom. The highest BCUT2D eigenvalue weighted by Crippen LogP contribution is 2.35. The van der Waals surface area contributed by atoms with Crippen molar-refractivity contribution in [2.75, 3.05) is 6.54 Å². The number of likely N-dealkylation sites (tertiary alicyclic amines) is 1. The lowest BCUT2D eigenvalue weighted by Gasteiger charge is -2.25. The van der Waals surface area contributed by atoms with Crippen LogP contribution in [-0.4, -0.2) is 32.6 Å². The first-order valence-electron chi connectivity index (χ1n) is 7.46. The SMILES string of the molecule is Cn1cnnc1[C@H]1CCCN1Cc1c(F)cccc1OC(F)(F)F. The van der Waals surface area contributed by atoms with E-state index < -0.39 is 17.9 Å². The summed E-state index contributed by atoms with van der Waals surface area (Å²) in [4.78, 5) is 1.89. The molecule has 0 aliphatic carbocycles. The molecule has 1 aliphatic heterocycles. The van der Waals surface area contributed by atoms with Gasteiger partial charge in [-0.05, 0) is 31.5 Å². The lowest BCUT2D eigenvalue weighted by molar-refractivity contribution is -0.275. The Balaban J connectivity index is 1.86. The molecule has 1 atom stereocenters. The van der Waals surface area contributed by atoms with E-state index in [2.05, 4.69) is 14.9 Å². The minimum atomic E-state index is -4.86. The molecule has 0 N–H and O–H groups in total. The largest absolute Gasteiger partial charge is 0.573 e. The number of aryl methyl sites for hydroxylation is 1. The van der Waals surface area contributed by atoms with Crippen molar-refractivity contribution in [3.63, 3.8) is 0 Å². The van der Waals surface area contributed by atoms with Gasteiger partial charge in [-0.25, -0.2) is 4.39 Å². The predicted octanol–water partition coefficient (Wildman–Crippen LogP) is 3.19. The summed E-state index contributed by atoms with van der Waals surface area (Å²) < 4.78 is 57.5. The number of nitrogens with zero attached hydrogens (tertiary/aromatic N) is 4. The van der Waals surface area contributed by atoms with E-state index in [9.17, 15) is 17.6 Å². The Labute approximate surface area is 135 Å². The third kappa shape index (κ3) is 3.50. The van der Waals surface area contributed by atoms with Gasteiger partial charge in [-0.1, -0.05) is 6.07 Å². The van der Waals surface area contributed by atoms with E-state index in [-0.39, 0.29) is 18.2 Å². The topological polar surface area (TPSA) is 43.2 Å². The number of hydrogen-bond donors (Lipinski definition) is 0. The monoisotopic (exact) mass is 344 g/mol. The number of aromatic nitrogens is 3. The van der Waals surface area contributed by atoms with Gasteiger partial charge >= 0.3 is 6.36 Å². The van der Waals surface area contributed by atoms with E-state index in [0.29, 0.717) is 12.4 Å². The van der Waals surface area contributed by atoms with Crippen molar-refractivity contribution in [2.24, 2.45) is 7.05 Å². The molecule has 1 aromatic carbocycles. The van der Waals surface area contributed by atoms with Gasteiger partial charge in [0.1, 0.15) is 23.7 Å². The second-order valence-electron chi connectivity index (χ2n) is 5.69. The van der Waals surface area contributed by atoms with Gasteiger partial charge < -0.3 is 9.30 Å². The summed E-state index contributed by atoms with van der Waals surface area (Å²) in [6.07, 6.45) is -1.67. The first-order chi connectivity index (χ1) is 11.3. The van der Waals surface area contributed by atoms with Gasteiger partial charge in [-0.2, -0.15) is 0 Å². The van der Waals surface area contributed by atoms with Crippen LogP contribution >= 0.6 is 0 Å². The summed E-state index contributed by atoms with van der Waals surface area (Å²) in [5.74, 6) is -0.520. The minimum Gasteiger partial charge on any atom is -0.405 e. The maximum absolute atomic E-state index is 14.1. The van der Waals surface area contributed by atoms with Crippen molar-refractivity contribution >= 4 is 0 Å². The number of halogens is 4. The first kappa shape index (κ1) is 16.7. The van der Waals surface area contributed by atoms with Crippen molar-refractivity contribution in [1.82, 2.24) is 19.7 Å². The smallest absolute Gasteiger partial charge is 0.405 e. The molecule has 1 aliphatic rings. The van der Waals surface area contributed by atoms with Crippen molar-refractivity contribution in [3.8, 4) is 5.75 Å². The number of rotatable bonds is 4. The van der Waals surface area contributed by atoms with E-state index in [4.69, 9.17) is 0 Å². The standard InChI is InChI=1S/C15H16F4N4O/c1-22-9-20-21-14(22)12-5-3-7-23(12)8-10-11(16)4-2-6-13(10)24-15(17,18)19/h2,4,6,9,12H,3,5,7-8H2,1H3/t12-/m1/s1. The Kier molecular flexibility index (Phi) is 4.44. The molecule has 2 aromatic rings. The zero-order valence-electron chi connectivity index (χ0n) is 12.9. The average molecular weight is 344 g/mol. The van der Waals surface area contributed by atoms with Crippen LogP contribution in [0, 0.1) is 5.82 Å². The maximum Gasteiger partial charge on any atom is 0.573 e. The Morgan fingerprint density at radius 1 is 1.33 bits per heavy atom. The van der Waals surface area contributed by atoms with Crippen LogP contribution in [0.2, 0.25) is 0 Å². The molecular weight excluding hydrogens is 328 g/mol. The maximum atomic E-state index is 14.1. The van der Waals surface area contributed by atoms with Crippen molar-refractivity contribution < 1.29 is 22.3 Å². The fourth-order valence-corrected chi connectivity index (χ4v) is 3.02. The molecule has 9 heteroatoms. The third-order valence-electron chi connectivity index (χ3n) is 4.07. The molecule has 0 radical (unpaired) electrons. The summed E-state index contributed by atoms with van der Waals surface area (Å²) in [6, 6.07) is 3.34. The van der Waals surface area contributed by atoms with E-state index in [1.54, 1.807) is 17.9 Å². The quantitative estimate of drug-likeness (QED) is 0.799. The highest BCUT2D eigenvalue weighted by atomic mass is 19.4. The zero-order chi connectivity index (χ0) is 17.3. The summed E-state index contributed by atoms with van der Waals surface area (Å²) in [6.45, 7) is 0.646. The lowest BCUT2D eigenvalue weighted by Crippen LogP contribution is -2.26. The van der Waals surface area contributed by atoms with Crippen LogP contribution in [0.5, 0.6) is 5.75 Å². The molecule has 0 unspecified atom stereocenters. The summed E-state index contributed by atoms with van der Waals surface area (Å²) >= 11 is 0.